The predicted octanol–water partition coefficient (Wildman–Crippen LogP) is 4.00. The van der Waals surface area contributed by atoms with Crippen molar-refractivity contribution in [2.75, 3.05) is 5.32 Å². The summed E-state index contributed by atoms with van der Waals surface area (Å²) in [6, 6.07) is 12.1. The average Bonchev–Trinajstić information content (AvgIpc) is 3.09. The fourth-order valence-electron chi connectivity index (χ4n) is 2.24. The molecular formula is C17H15N5O3S2. The van der Waals surface area contributed by atoms with E-state index in [0.717, 1.165) is 23.9 Å². The summed E-state index contributed by atoms with van der Waals surface area (Å²) in [7, 11) is 0. The number of rotatable bonds is 7. The second-order valence-corrected chi connectivity index (χ2v) is 7.72. The smallest absolute Gasteiger partial charge is 0.284 e. The molecule has 3 rings (SSSR count). The van der Waals surface area contributed by atoms with Crippen LogP contribution in [0.1, 0.15) is 22.8 Å². The van der Waals surface area contributed by atoms with E-state index in [-0.39, 0.29) is 11.3 Å². The molecule has 0 radical (unpaired) electrons. The highest BCUT2D eigenvalue weighted by atomic mass is 32.2. The molecule has 0 atom stereocenters. The van der Waals surface area contributed by atoms with Crippen LogP contribution in [0, 0.1) is 10.1 Å². The number of amides is 1. The summed E-state index contributed by atoms with van der Waals surface area (Å²) in [4.78, 5) is 22.3. The highest BCUT2D eigenvalue weighted by Crippen LogP contribution is 2.38. The number of carbonyl (C=O) groups is 1. The van der Waals surface area contributed by atoms with Gasteiger partial charge in [-0.25, -0.2) is 0 Å². The van der Waals surface area contributed by atoms with E-state index in [9.17, 15) is 14.9 Å². The topological polar surface area (TPSA) is 124 Å². The molecular weight excluding hydrogens is 386 g/mol. The second kappa shape index (κ2) is 8.14. The number of anilines is 2. The van der Waals surface area contributed by atoms with Crippen molar-refractivity contribution < 1.29 is 9.72 Å². The number of carbonyl (C=O) groups excluding carboxylic acids is 1. The quantitative estimate of drug-likeness (QED) is 0.453. The van der Waals surface area contributed by atoms with Gasteiger partial charge in [-0.15, -0.1) is 10.2 Å². The van der Waals surface area contributed by atoms with E-state index in [2.05, 4.69) is 22.4 Å². The van der Waals surface area contributed by atoms with Crippen molar-refractivity contribution in [3.05, 3.63) is 63.7 Å². The monoisotopic (exact) mass is 401 g/mol. The van der Waals surface area contributed by atoms with E-state index < -0.39 is 10.8 Å². The van der Waals surface area contributed by atoms with Gasteiger partial charge in [0, 0.05) is 17.3 Å². The molecule has 0 fully saturated rings. The minimum atomic E-state index is -0.717. The first-order valence-electron chi connectivity index (χ1n) is 7.92. The van der Waals surface area contributed by atoms with Gasteiger partial charge in [-0.05, 0) is 48.0 Å². The molecule has 0 aliphatic heterocycles. The third kappa shape index (κ3) is 4.60. The minimum absolute atomic E-state index is 0.0844. The summed E-state index contributed by atoms with van der Waals surface area (Å²) in [6.07, 6.45) is 0.965. The van der Waals surface area contributed by atoms with Crippen molar-refractivity contribution in [1.29, 1.82) is 0 Å². The number of nitrogens with one attached hydrogen (secondary N) is 1. The van der Waals surface area contributed by atoms with Gasteiger partial charge >= 0.3 is 0 Å². The molecule has 0 unspecified atom stereocenters. The number of hydrogen-bond acceptors (Lipinski definition) is 8. The van der Waals surface area contributed by atoms with Crippen LogP contribution in [-0.4, -0.2) is 21.0 Å². The highest BCUT2D eigenvalue weighted by Gasteiger charge is 2.19. The molecule has 1 amide bonds. The lowest BCUT2D eigenvalue weighted by molar-refractivity contribution is -0.387. The number of aromatic nitrogens is 2. The van der Waals surface area contributed by atoms with Gasteiger partial charge in [0.25, 0.3) is 5.69 Å². The van der Waals surface area contributed by atoms with Crippen LogP contribution >= 0.6 is 23.1 Å². The van der Waals surface area contributed by atoms with Crippen LogP contribution in [0.15, 0.2) is 51.7 Å². The highest BCUT2D eigenvalue weighted by molar-refractivity contribution is 8.01. The molecule has 0 spiro atoms. The first kappa shape index (κ1) is 18.8. The molecule has 0 aliphatic rings. The lowest BCUT2D eigenvalue weighted by Gasteiger charge is -2.03. The summed E-state index contributed by atoms with van der Waals surface area (Å²) in [5, 5.41) is 23.1. The van der Waals surface area contributed by atoms with Gasteiger partial charge in [-0.1, -0.05) is 30.4 Å². The number of nitro benzene ring substituents is 1. The van der Waals surface area contributed by atoms with Crippen LogP contribution < -0.4 is 11.1 Å². The Morgan fingerprint density at radius 2 is 2.00 bits per heavy atom. The van der Waals surface area contributed by atoms with Crippen LogP contribution in [0.4, 0.5) is 16.5 Å². The first-order chi connectivity index (χ1) is 13.0. The third-order valence-electron chi connectivity index (χ3n) is 3.66. The number of aryl methyl sites for hydroxylation is 1. The third-order valence-corrected chi connectivity index (χ3v) is 5.61. The van der Waals surface area contributed by atoms with Crippen molar-refractivity contribution in [3.63, 3.8) is 0 Å². The van der Waals surface area contributed by atoms with Crippen molar-refractivity contribution >= 4 is 45.5 Å². The standard InChI is InChI=1S/C17H15N5O3S2/c1-2-10-3-6-12(7-4-10)19-16-20-21-17(27-16)26-14-8-5-11(15(18)23)9-13(14)22(24)25/h3-9H,2H2,1H3,(H2,18,23)(H,19,20). The molecule has 138 valence electrons. The molecule has 3 aromatic rings. The molecule has 0 aliphatic carbocycles. The lowest BCUT2D eigenvalue weighted by atomic mass is 10.1. The molecule has 10 heteroatoms. The van der Waals surface area contributed by atoms with Gasteiger partial charge < -0.3 is 11.1 Å². The number of nitro groups is 1. The lowest BCUT2D eigenvalue weighted by Crippen LogP contribution is -2.11. The molecule has 3 N–H and O–H groups in total. The van der Waals surface area contributed by atoms with E-state index in [1.807, 2.05) is 24.3 Å². The predicted molar refractivity (Wildman–Crippen MR) is 105 cm³/mol. The van der Waals surface area contributed by atoms with Crippen molar-refractivity contribution in [2.24, 2.45) is 5.73 Å². The van der Waals surface area contributed by atoms with Crippen LogP contribution in [0.2, 0.25) is 0 Å². The number of nitrogens with two attached hydrogens (primary N) is 1. The zero-order valence-corrected chi connectivity index (χ0v) is 15.8. The SMILES string of the molecule is CCc1ccc(Nc2nnc(Sc3ccc(C(N)=O)cc3[N+](=O)[O-])s2)cc1. The van der Waals surface area contributed by atoms with E-state index in [1.165, 1.54) is 35.1 Å². The number of nitrogens with zero attached hydrogens (tertiary/aromatic N) is 3. The Hall–Kier alpha value is -2.98. The molecule has 0 bridgehead atoms. The second-order valence-electron chi connectivity index (χ2n) is 5.45. The van der Waals surface area contributed by atoms with Gasteiger partial charge in [0.05, 0.1) is 9.82 Å². The molecule has 8 nitrogen and oxygen atoms in total. The number of hydrogen-bond donors (Lipinski definition) is 2. The Morgan fingerprint density at radius 1 is 1.26 bits per heavy atom. The van der Waals surface area contributed by atoms with E-state index in [0.29, 0.717) is 14.4 Å². The molecule has 2 aromatic carbocycles. The normalized spacial score (nSPS) is 10.6. The van der Waals surface area contributed by atoms with Gasteiger partial charge in [0.15, 0.2) is 4.34 Å². The average molecular weight is 401 g/mol. The Bertz CT molecular complexity index is 988. The fraction of sp³-hybridized carbons (Fsp3) is 0.118. The summed E-state index contributed by atoms with van der Waals surface area (Å²) >= 11 is 2.39. The van der Waals surface area contributed by atoms with Crippen LogP contribution in [-0.2, 0) is 6.42 Å². The summed E-state index contributed by atoms with van der Waals surface area (Å²) in [6.45, 7) is 2.09. The summed E-state index contributed by atoms with van der Waals surface area (Å²) < 4.78 is 0.539. The van der Waals surface area contributed by atoms with Crippen molar-refractivity contribution in [3.8, 4) is 0 Å². The summed E-state index contributed by atoms with van der Waals surface area (Å²) in [5.74, 6) is -0.717. The molecule has 0 saturated heterocycles. The van der Waals surface area contributed by atoms with E-state index in [4.69, 9.17) is 5.73 Å². The van der Waals surface area contributed by atoms with Crippen LogP contribution in [0.25, 0.3) is 0 Å². The minimum Gasteiger partial charge on any atom is -0.366 e. The van der Waals surface area contributed by atoms with Gasteiger partial charge in [0.2, 0.25) is 11.0 Å². The van der Waals surface area contributed by atoms with Crippen molar-refractivity contribution in [1.82, 2.24) is 10.2 Å². The van der Waals surface area contributed by atoms with E-state index in [1.54, 1.807) is 0 Å². The molecule has 0 saturated carbocycles. The van der Waals surface area contributed by atoms with Crippen LogP contribution in [0.3, 0.4) is 0 Å². The first-order valence-corrected chi connectivity index (χ1v) is 9.55. The van der Waals surface area contributed by atoms with Crippen LogP contribution in [0.5, 0.6) is 0 Å². The Balaban J connectivity index is 1.77. The van der Waals surface area contributed by atoms with Gasteiger partial charge in [-0.3, -0.25) is 14.9 Å². The van der Waals surface area contributed by atoms with E-state index >= 15 is 0 Å². The molecule has 1 aromatic heterocycles. The molecule has 1 heterocycles. The fourth-order valence-corrected chi connectivity index (χ4v) is 4.06. The Morgan fingerprint density at radius 3 is 2.63 bits per heavy atom. The number of primary amides is 1. The van der Waals surface area contributed by atoms with Gasteiger partial charge in [0.1, 0.15) is 0 Å². The maximum Gasteiger partial charge on any atom is 0.284 e. The van der Waals surface area contributed by atoms with Gasteiger partial charge in [-0.2, -0.15) is 0 Å². The maximum atomic E-state index is 11.3. The summed E-state index contributed by atoms with van der Waals surface area (Å²) in [5.41, 5.74) is 7.19. The Kier molecular flexibility index (Phi) is 5.67. The Labute approximate surface area is 163 Å². The maximum absolute atomic E-state index is 11.3. The zero-order chi connectivity index (χ0) is 19.4. The molecule has 27 heavy (non-hydrogen) atoms. The van der Waals surface area contributed by atoms with Crippen molar-refractivity contribution in [2.45, 2.75) is 22.6 Å². The number of benzene rings is 2. The largest absolute Gasteiger partial charge is 0.366 e. The zero-order valence-electron chi connectivity index (χ0n) is 14.2.